The monoisotopic (exact) mass is 395 g/mol. The average molecular weight is 395 g/mol. The first-order valence-electron chi connectivity index (χ1n) is 8.87. The van der Waals surface area contributed by atoms with E-state index < -0.39 is 15.7 Å². The summed E-state index contributed by atoms with van der Waals surface area (Å²) in [6, 6.07) is 7.99. The van der Waals surface area contributed by atoms with E-state index in [2.05, 4.69) is 5.32 Å². The highest BCUT2D eigenvalue weighted by atomic mass is 32.2. The molecular weight excluding hydrogens is 370 g/mol. The largest absolute Gasteiger partial charge is 0.356 e. The summed E-state index contributed by atoms with van der Waals surface area (Å²) in [6.45, 7) is 3.68. The standard InChI is InChI=1S/C18H25N3O5S/c1-15(22)20-10-12-21(13-11-20)18(24)7-9-19-17(23)8-14-27(25,26)16-5-3-2-4-6-16/h2-6H,7-14H2,1H3,(H,19,23). The number of hydrogen-bond donors (Lipinski definition) is 1. The predicted molar refractivity (Wildman–Crippen MR) is 99.6 cm³/mol. The first kappa shape index (κ1) is 20.9. The number of hydrogen-bond acceptors (Lipinski definition) is 5. The average Bonchev–Trinajstić information content (AvgIpc) is 2.67. The second kappa shape index (κ2) is 9.50. The van der Waals surface area contributed by atoms with Crippen LogP contribution in [-0.4, -0.2) is 74.4 Å². The Morgan fingerprint density at radius 1 is 0.963 bits per heavy atom. The van der Waals surface area contributed by atoms with Crippen molar-refractivity contribution in [3.05, 3.63) is 30.3 Å². The summed E-state index contributed by atoms with van der Waals surface area (Å²) in [6.07, 6.45) is -0.0000490. The highest BCUT2D eigenvalue weighted by Crippen LogP contribution is 2.11. The van der Waals surface area contributed by atoms with Gasteiger partial charge in [-0.25, -0.2) is 8.42 Å². The summed E-state index contributed by atoms with van der Waals surface area (Å²) in [7, 11) is -3.49. The summed E-state index contributed by atoms with van der Waals surface area (Å²) >= 11 is 0. The summed E-state index contributed by atoms with van der Waals surface area (Å²) in [4.78, 5) is 38.8. The molecule has 1 N–H and O–H groups in total. The molecule has 0 aliphatic carbocycles. The molecule has 3 amide bonds. The Balaban J connectivity index is 1.67. The highest BCUT2D eigenvalue weighted by molar-refractivity contribution is 7.91. The second-order valence-electron chi connectivity index (χ2n) is 6.37. The van der Waals surface area contributed by atoms with Gasteiger partial charge in [-0.1, -0.05) is 18.2 Å². The third-order valence-electron chi connectivity index (χ3n) is 4.44. The van der Waals surface area contributed by atoms with Crippen LogP contribution in [0.25, 0.3) is 0 Å². The van der Waals surface area contributed by atoms with E-state index in [1.165, 1.54) is 19.1 Å². The third-order valence-corrected chi connectivity index (χ3v) is 6.17. The Kier molecular flexibility index (Phi) is 7.35. The van der Waals surface area contributed by atoms with Gasteiger partial charge in [0.15, 0.2) is 9.84 Å². The van der Waals surface area contributed by atoms with Crippen molar-refractivity contribution < 1.29 is 22.8 Å². The van der Waals surface area contributed by atoms with Crippen LogP contribution in [0.15, 0.2) is 35.2 Å². The minimum absolute atomic E-state index is 0.000169. The molecule has 0 bridgehead atoms. The Hall–Kier alpha value is -2.42. The van der Waals surface area contributed by atoms with Crippen molar-refractivity contribution in [3.8, 4) is 0 Å². The maximum absolute atomic E-state index is 12.1. The minimum Gasteiger partial charge on any atom is -0.356 e. The van der Waals surface area contributed by atoms with Gasteiger partial charge in [0.1, 0.15) is 0 Å². The van der Waals surface area contributed by atoms with Crippen molar-refractivity contribution in [2.45, 2.75) is 24.7 Å². The molecule has 1 aliphatic heterocycles. The normalized spacial score (nSPS) is 14.7. The number of carbonyl (C=O) groups is 3. The van der Waals surface area contributed by atoms with E-state index in [0.717, 1.165) is 0 Å². The lowest BCUT2D eigenvalue weighted by atomic mass is 10.2. The van der Waals surface area contributed by atoms with E-state index in [4.69, 9.17) is 0 Å². The quantitative estimate of drug-likeness (QED) is 0.702. The van der Waals surface area contributed by atoms with Gasteiger partial charge in [-0.05, 0) is 12.1 Å². The third kappa shape index (κ3) is 6.35. The van der Waals surface area contributed by atoms with Crippen molar-refractivity contribution in [1.29, 1.82) is 0 Å². The maximum Gasteiger partial charge on any atom is 0.224 e. The van der Waals surface area contributed by atoms with Crippen molar-refractivity contribution in [2.24, 2.45) is 0 Å². The Labute approximate surface area is 159 Å². The molecule has 1 aromatic rings. The van der Waals surface area contributed by atoms with Crippen LogP contribution in [0.5, 0.6) is 0 Å². The SMILES string of the molecule is CC(=O)N1CCN(C(=O)CCNC(=O)CCS(=O)(=O)c2ccccc2)CC1. The Morgan fingerprint density at radius 2 is 1.56 bits per heavy atom. The summed E-state index contributed by atoms with van der Waals surface area (Å²) in [5, 5.41) is 2.59. The topological polar surface area (TPSA) is 104 Å². The Bertz CT molecular complexity index is 771. The van der Waals surface area contributed by atoms with Gasteiger partial charge in [-0.15, -0.1) is 0 Å². The van der Waals surface area contributed by atoms with Gasteiger partial charge >= 0.3 is 0 Å². The molecule has 0 unspecified atom stereocenters. The molecule has 0 saturated carbocycles. The molecule has 1 saturated heterocycles. The number of rotatable bonds is 7. The molecule has 2 rings (SSSR count). The van der Waals surface area contributed by atoms with Gasteiger partial charge in [0.2, 0.25) is 17.7 Å². The zero-order chi connectivity index (χ0) is 19.9. The van der Waals surface area contributed by atoms with E-state index in [0.29, 0.717) is 26.2 Å². The number of carbonyl (C=O) groups excluding carboxylic acids is 3. The van der Waals surface area contributed by atoms with Gasteiger partial charge in [0, 0.05) is 52.5 Å². The molecule has 0 spiro atoms. The molecule has 148 valence electrons. The molecule has 0 atom stereocenters. The van der Waals surface area contributed by atoms with E-state index in [1.807, 2.05) is 0 Å². The van der Waals surface area contributed by atoms with Crippen LogP contribution in [0.4, 0.5) is 0 Å². The van der Waals surface area contributed by atoms with Gasteiger partial charge in [0.05, 0.1) is 10.6 Å². The van der Waals surface area contributed by atoms with Crippen LogP contribution in [0.1, 0.15) is 19.8 Å². The van der Waals surface area contributed by atoms with Crippen LogP contribution < -0.4 is 5.32 Å². The van der Waals surface area contributed by atoms with E-state index in [9.17, 15) is 22.8 Å². The lowest BCUT2D eigenvalue weighted by Crippen LogP contribution is -2.50. The number of benzene rings is 1. The van der Waals surface area contributed by atoms with Crippen LogP contribution in [0, 0.1) is 0 Å². The second-order valence-corrected chi connectivity index (χ2v) is 8.48. The first-order valence-corrected chi connectivity index (χ1v) is 10.5. The molecule has 1 fully saturated rings. The molecule has 1 aliphatic rings. The molecule has 0 radical (unpaired) electrons. The molecule has 0 aromatic heterocycles. The van der Waals surface area contributed by atoms with Crippen molar-refractivity contribution in [1.82, 2.24) is 15.1 Å². The lowest BCUT2D eigenvalue weighted by molar-refractivity contribution is -0.138. The molecule has 1 heterocycles. The predicted octanol–water partition coefficient (Wildman–Crippen LogP) is 0.0474. The van der Waals surface area contributed by atoms with E-state index in [1.54, 1.807) is 28.0 Å². The zero-order valence-corrected chi connectivity index (χ0v) is 16.2. The minimum atomic E-state index is -3.49. The Morgan fingerprint density at radius 3 is 2.15 bits per heavy atom. The number of amides is 3. The van der Waals surface area contributed by atoms with Gasteiger partial charge in [0.25, 0.3) is 0 Å². The van der Waals surface area contributed by atoms with Crippen LogP contribution in [-0.2, 0) is 24.2 Å². The zero-order valence-electron chi connectivity index (χ0n) is 15.4. The molecule has 27 heavy (non-hydrogen) atoms. The van der Waals surface area contributed by atoms with Crippen molar-refractivity contribution >= 4 is 27.6 Å². The van der Waals surface area contributed by atoms with Crippen molar-refractivity contribution in [2.75, 3.05) is 38.5 Å². The summed E-state index contributed by atoms with van der Waals surface area (Å²) < 4.78 is 24.3. The van der Waals surface area contributed by atoms with Crippen LogP contribution >= 0.6 is 0 Å². The highest BCUT2D eigenvalue weighted by Gasteiger charge is 2.22. The number of sulfone groups is 1. The van der Waals surface area contributed by atoms with Gasteiger partial charge in [-0.3, -0.25) is 14.4 Å². The molecule has 1 aromatic carbocycles. The summed E-state index contributed by atoms with van der Waals surface area (Å²) in [5.41, 5.74) is 0. The van der Waals surface area contributed by atoms with Crippen LogP contribution in [0.2, 0.25) is 0 Å². The smallest absolute Gasteiger partial charge is 0.224 e. The van der Waals surface area contributed by atoms with Crippen molar-refractivity contribution in [3.63, 3.8) is 0 Å². The van der Waals surface area contributed by atoms with E-state index in [-0.39, 0.29) is 41.8 Å². The molecule has 9 heteroatoms. The molecular formula is C18H25N3O5S. The van der Waals surface area contributed by atoms with Crippen LogP contribution in [0.3, 0.4) is 0 Å². The maximum atomic E-state index is 12.1. The fourth-order valence-electron chi connectivity index (χ4n) is 2.80. The van der Waals surface area contributed by atoms with Gasteiger partial charge in [-0.2, -0.15) is 0 Å². The lowest BCUT2D eigenvalue weighted by Gasteiger charge is -2.34. The summed E-state index contributed by atoms with van der Waals surface area (Å²) in [5.74, 6) is -0.761. The van der Waals surface area contributed by atoms with E-state index >= 15 is 0 Å². The number of piperazine rings is 1. The fourth-order valence-corrected chi connectivity index (χ4v) is 4.06. The van der Waals surface area contributed by atoms with Gasteiger partial charge < -0.3 is 15.1 Å². The number of nitrogens with one attached hydrogen (secondary N) is 1. The molecule has 8 nitrogen and oxygen atoms in total. The first-order chi connectivity index (χ1) is 12.8. The number of nitrogens with zero attached hydrogens (tertiary/aromatic N) is 2. The fraction of sp³-hybridized carbons (Fsp3) is 0.500.